The van der Waals surface area contributed by atoms with E-state index in [2.05, 4.69) is 20.9 Å². The minimum atomic E-state index is -4.94. The summed E-state index contributed by atoms with van der Waals surface area (Å²) in [5.74, 6) is 1.46. The van der Waals surface area contributed by atoms with Gasteiger partial charge in [0.15, 0.2) is 0 Å². The first-order valence-electron chi connectivity index (χ1n) is 8.98. The first-order valence-corrected chi connectivity index (χ1v) is 11.4. The van der Waals surface area contributed by atoms with Gasteiger partial charge in [0, 0.05) is 22.2 Å². The maximum Gasteiger partial charge on any atom is 0.218 e. The minimum absolute atomic E-state index is 0.642. The van der Waals surface area contributed by atoms with Gasteiger partial charge in [0.2, 0.25) is 11.0 Å². The molecule has 0 saturated heterocycles. The highest BCUT2D eigenvalue weighted by Crippen LogP contribution is 2.29. The summed E-state index contributed by atoms with van der Waals surface area (Å²) in [6.07, 6.45) is 0. The quantitative estimate of drug-likeness (QED) is 0.392. The molecule has 0 unspecified atom stereocenters. The zero-order valence-electron chi connectivity index (χ0n) is 16.5. The average molecular weight is 541 g/mol. The molecular formula is C22H16BrCl2NO6. The number of fused-ring (bicyclic) bond motifs is 1. The Morgan fingerprint density at radius 3 is 2.22 bits per heavy atom. The van der Waals surface area contributed by atoms with Crippen LogP contribution in [-0.2, 0) is 0 Å². The van der Waals surface area contributed by atoms with Gasteiger partial charge in [-0.25, -0.2) is 23.6 Å². The van der Waals surface area contributed by atoms with Crippen molar-refractivity contribution >= 4 is 44.2 Å². The van der Waals surface area contributed by atoms with Crippen molar-refractivity contribution in [1.29, 1.82) is 0 Å². The van der Waals surface area contributed by atoms with E-state index in [-0.39, 0.29) is 0 Å². The Morgan fingerprint density at radius 2 is 1.59 bits per heavy atom. The summed E-state index contributed by atoms with van der Waals surface area (Å²) < 4.78 is 46.5. The molecule has 166 valence electrons. The van der Waals surface area contributed by atoms with Crippen molar-refractivity contribution in [2.24, 2.45) is 0 Å². The van der Waals surface area contributed by atoms with Crippen LogP contribution in [0.4, 0.5) is 5.69 Å². The van der Waals surface area contributed by atoms with Gasteiger partial charge in [0.1, 0.15) is 17.1 Å². The van der Waals surface area contributed by atoms with Gasteiger partial charge in [0.05, 0.1) is 23.6 Å². The molecule has 0 spiro atoms. The lowest BCUT2D eigenvalue weighted by Crippen LogP contribution is -2.70. The summed E-state index contributed by atoms with van der Waals surface area (Å²) in [5, 5.41) is 2.48. The van der Waals surface area contributed by atoms with Crippen molar-refractivity contribution in [3.05, 3.63) is 87.6 Å². The van der Waals surface area contributed by atoms with E-state index in [9.17, 15) is 0 Å². The fourth-order valence-corrected chi connectivity index (χ4v) is 3.37. The number of ether oxygens (including phenoxy) is 1. The van der Waals surface area contributed by atoms with Crippen LogP contribution < -0.4 is 33.7 Å². The molecule has 0 fully saturated rings. The first-order chi connectivity index (χ1) is 15.1. The van der Waals surface area contributed by atoms with Crippen LogP contribution in [-0.4, -0.2) is 7.11 Å². The Labute approximate surface area is 198 Å². The first kappa shape index (κ1) is 24.2. The highest BCUT2D eigenvalue weighted by atomic mass is 79.9. The summed E-state index contributed by atoms with van der Waals surface area (Å²) in [5.41, 5.74) is 2.56. The van der Waals surface area contributed by atoms with E-state index >= 15 is 0 Å². The maximum atomic E-state index is 8.49. The molecule has 0 bridgehead atoms. The molecule has 1 heterocycles. The van der Waals surface area contributed by atoms with Crippen LogP contribution in [0.15, 0.2) is 81.7 Å². The molecule has 32 heavy (non-hydrogen) atoms. The molecule has 0 aliphatic heterocycles. The average Bonchev–Trinajstić information content (AvgIpc) is 2.74. The van der Waals surface area contributed by atoms with Gasteiger partial charge in [-0.2, -0.15) is 0 Å². The predicted octanol–water partition coefficient (Wildman–Crippen LogP) is 0.0813. The molecule has 7 nitrogen and oxygen atoms in total. The molecule has 0 aliphatic rings. The van der Waals surface area contributed by atoms with Crippen molar-refractivity contribution in [2.75, 3.05) is 7.11 Å². The summed E-state index contributed by atoms with van der Waals surface area (Å²) in [6.45, 7) is 0. The van der Waals surface area contributed by atoms with Gasteiger partial charge >= 0.3 is 0 Å². The SMILES string of the molecule is COc1ccc2oc(-c3ccccc3Cl)cc(=[NH+]c3ccc(Br)cc3)c2c1.[O-][Cl+3]([O-])([O-])[O-]. The van der Waals surface area contributed by atoms with Crippen molar-refractivity contribution in [3.8, 4) is 17.1 Å². The number of rotatable bonds is 3. The van der Waals surface area contributed by atoms with Crippen molar-refractivity contribution < 1.29 is 43.0 Å². The molecule has 3 aromatic carbocycles. The summed E-state index contributed by atoms with van der Waals surface area (Å²) in [6, 6.07) is 23.3. The van der Waals surface area contributed by atoms with Gasteiger partial charge < -0.3 is 9.15 Å². The molecule has 0 atom stereocenters. The second-order valence-corrected chi connectivity index (χ2v) is 8.45. The Kier molecular flexibility index (Phi) is 7.91. The van der Waals surface area contributed by atoms with E-state index in [1.54, 1.807) is 7.11 Å². The van der Waals surface area contributed by atoms with Crippen LogP contribution in [0.25, 0.3) is 22.3 Å². The minimum Gasteiger partial charge on any atom is -0.497 e. The van der Waals surface area contributed by atoms with Crippen LogP contribution in [0.1, 0.15) is 0 Å². The third-order valence-corrected chi connectivity index (χ3v) is 5.09. The fourth-order valence-electron chi connectivity index (χ4n) is 2.88. The monoisotopic (exact) mass is 539 g/mol. The standard InChI is InChI=1S/C22H15BrClNO2.ClHO4/c1-26-16-10-11-21-18(12-16)20(25-15-8-6-14(23)7-9-15)13-22(27-21)17-4-2-3-5-19(17)24;2-1(3,4)5/h2-13H,1H3;(H,2,3,4,5). The number of halogens is 3. The second-order valence-electron chi connectivity index (χ2n) is 6.38. The van der Waals surface area contributed by atoms with E-state index in [0.29, 0.717) is 10.8 Å². The molecule has 1 N–H and O–H groups in total. The highest BCUT2D eigenvalue weighted by molar-refractivity contribution is 9.10. The Bertz CT molecular complexity index is 1280. The number of nitrogens with one attached hydrogen (secondary N) is 1. The van der Waals surface area contributed by atoms with Crippen molar-refractivity contribution in [1.82, 2.24) is 0 Å². The topological polar surface area (TPSA) is 129 Å². The number of benzene rings is 3. The van der Waals surface area contributed by atoms with Crippen molar-refractivity contribution in [2.45, 2.75) is 0 Å². The van der Waals surface area contributed by atoms with Crippen LogP contribution in [0, 0.1) is 10.2 Å². The zero-order valence-corrected chi connectivity index (χ0v) is 19.6. The van der Waals surface area contributed by atoms with E-state index in [1.807, 2.05) is 72.8 Å². The molecular weight excluding hydrogens is 525 g/mol. The molecule has 0 saturated carbocycles. The van der Waals surface area contributed by atoms with Gasteiger partial charge in [-0.3, -0.25) is 0 Å². The van der Waals surface area contributed by atoms with Gasteiger partial charge in [-0.1, -0.05) is 39.7 Å². The molecule has 4 aromatic rings. The third-order valence-electron chi connectivity index (χ3n) is 4.23. The Hall–Kier alpha value is -2.43. The molecule has 0 radical (unpaired) electrons. The third kappa shape index (κ3) is 6.78. The van der Waals surface area contributed by atoms with Gasteiger partial charge in [-0.15, -0.1) is 10.2 Å². The van der Waals surface area contributed by atoms with E-state index < -0.39 is 10.2 Å². The van der Waals surface area contributed by atoms with Crippen molar-refractivity contribution in [3.63, 3.8) is 0 Å². The van der Waals surface area contributed by atoms with Crippen LogP contribution in [0.3, 0.4) is 0 Å². The number of hydrogen-bond acceptors (Lipinski definition) is 6. The number of methoxy groups -OCH3 is 1. The van der Waals surface area contributed by atoms with Crippen LogP contribution in [0.5, 0.6) is 5.75 Å². The summed E-state index contributed by atoms with van der Waals surface area (Å²) in [4.78, 5) is 3.48. The largest absolute Gasteiger partial charge is 0.497 e. The molecule has 0 amide bonds. The highest BCUT2D eigenvalue weighted by Gasteiger charge is 2.12. The molecule has 10 heteroatoms. The van der Waals surface area contributed by atoms with E-state index in [0.717, 1.165) is 37.8 Å². The Balaban J connectivity index is 0.000000523. The van der Waals surface area contributed by atoms with Gasteiger partial charge in [0.25, 0.3) is 0 Å². The lowest BCUT2D eigenvalue weighted by atomic mass is 10.1. The van der Waals surface area contributed by atoms with E-state index in [1.165, 1.54) is 0 Å². The lowest BCUT2D eigenvalue weighted by molar-refractivity contribution is -2.00. The number of hydrogen-bond donors (Lipinski definition) is 1. The molecule has 4 rings (SSSR count). The molecule has 1 aromatic heterocycles. The second kappa shape index (κ2) is 10.5. The normalized spacial score (nSPS) is 11.8. The van der Waals surface area contributed by atoms with Crippen LogP contribution >= 0.6 is 27.5 Å². The van der Waals surface area contributed by atoms with E-state index in [4.69, 9.17) is 39.4 Å². The smallest absolute Gasteiger partial charge is 0.218 e. The Morgan fingerprint density at radius 1 is 0.938 bits per heavy atom. The lowest BCUT2D eigenvalue weighted by Gasteiger charge is -2.17. The predicted molar refractivity (Wildman–Crippen MR) is 111 cm³/mol. The molecule has 0 aliphatic carbocycles. The zero-order chi connectivity index (χ0) is 23.3. The van der Waals surface area contributed by atoms with Gasteiger partial charge in [-0.05, 0) is 42.5 Å². The van der Waals surface area contributed by atoms with Crippen LogP contribution in [0.2, 0.25) is 5.02 Å². The summed E-state index contributed by atoms with van der Waals surface area (Å²) >= 11 is 9.85. The fraction of sp³-hybridized carbons (Fsp3) is 0.0455. The maximum absolute atomic E-state index is 8.49. The summed E-state index contributed by atoms with van der Waals surface area (Å²) in [7, 11) is -3.29.